The van der Waals surface area contributed by atoms with Crippen LogP contribution in [0, 0.1) is 11.3 Å². The van der Waals surface area contributed by atoms with Crippen LogP contribution in [0.5, 0.6) is 0 Å². The topological polar surface area (TPSA) is 40.9 Å². The Morgan fingerprint density at radius 1 is 1.54 bits per heavy atom. The second kappa shape index (κ2) is 4.58. The number of rotatable bonds is 2. The van der Waals surface area contributed by atoms with Gasteiger partial charge in [0.05, 0.1) is 5.57 Å². The summed E-state index contributed by atoms with van der Waals surface area (Å²) in [6, 6.07) is 9.18. The Morgan fingerprint density at radius 2 is 2.31 bits per heavy atom. The second-order valence-electron chi connectivity index (χ2n) is 2.38. The number of nitrogens with zero attached hydrogens (tertiary/aromatic N) is 1. The monoisotopic (exact) mass is 235 g/mol. The minimum atomic E-state index is 0.123. The van der Waals surface area contributed by atoms with Crippen LogP contribution in [0.3, 0.4) is 0 Å². The van der Waals surface area contributed by atoms with Crippen LogP contribution in [-0.4, -0.2) is 6.29 Å². The van der Waals surface area contributed by atoms with Gasteiger partial charge in [0.25, 0.3) is 0 Å². The van der Waals surface area contributed by atoms with Crippen molar-refractivity contribution in [2.24, 2.45) is 0 Å². The van der Waals surface area contributed by atoms with Crippen molar-refractivity contribution in [2.75, 3.05) is 0 Å². The smallest absolute Gasteiger partial charge is 0.160 e. The van der Waals surface area contributed by atoms with Gasteiger partial charge in [-0.1, -0.05) is 28.1 Å². The quantitative estimate of drug-likeness (QED) is 0.449. The van der Waals surface area contributed by atoms with Gasteiger partial charge in [-0.3, -0.25) is 4.79 Å². The first-order valence-corrected chi connectivity index (χ1v) is 4.38. The average molecular weight is 236 g/mol. The maximum atomic E-state index is 10.3. The van der Waals surface area contributed by atoms with Crippen molar-refractivity contribution in [1.29, 1.82) is 5.26 Å². The fourth-order valence-corrected chi connectivity index (χ4v) is 1.29. The molecule has 0 N–H and O–H groups in total. The molecule has 0 spiro atoms. The third kappa shape index (κ3) is 2.85. The van der Waals surface area contributed by atoms with Crippen LogP contribution in [0.1, 0.15) is 5.56 Å². The highest BCUT2D eigenvalue weighted by Crippen LogP contribution is 2.13. The molecule has 0 saturated carbocycles. The molecule has 1 rings (SSSR count). The van der Waals surface area contributed by atoms with Crippen LogP contribution in [-0.2, 0) is 4.79 Å². The van der Waals surface area contributed by atoms with Gasteiger partial charge in [0.2, 0.25) is 0 Å². The van der Waals surface area contributed by atoms with E-state index in [0.717, 1.165) is 10.0 Å². The minimum Gasteiger partial charge on any atom is -0.297 e. The second-order valence-corrected chi connectivity index (χ2v) is 3.30. The van der Waals surface area contributed by atoms with Crippen molar-refractivity contribution < 1.29 is 4.79 Å². The number of carbonyl (C=O) groups is 1. The summed E-state index contributed by atoms with van der Waals surface area (Å²) < 4.78 is 0.921. The van der Waals surface area contributed by atoms with Crippen LogP contribution in [0.15, 0.2) is 34.3 Å². The Bertz CT molecular complexity index is 390. The van der Waals surface area contributed by atoms with Gasteiger partial charge in [0.1, 0.15) is 6.07 Å². The van der Waals surface area contributed by atoms with Crippen LogP contribution < -0.4 is 0 Å². The normalized spacial score (nSPS) is 10.6. The zero-order valence-corrected chi connectivity index (χ0v) is 8.28. The number of aldehydes is 1. The first-order chi connectivity index (χ1) is 6.26. The number of nitriles is 1. The molecular weight excluding hydrogens is 230 g/mol. The van der Waals surface area contributed by atoms with Crippen LogP contribution in [0.4, 0.5) is 0 Å². The highest BCUT2D eigenvalue weighted by Gasteiger charge is 1.93. The van der Waals surface area contributed by atoms with Crippen LogP contribution in [0.25, 0.3) is 6.08 Å². The summed E-state index contributed by atoms with van der Waals surface area (Å²) in [5.74, 6) is 0. The van der Waals surface area contributed by atoms with Crippen molar-refractivity contribution in [3.05, 3.63) is 39.9 Å². The van der Waals surface area contributed by atoms with E-state index in [2.05, 4.69) is 15.9 Å². The summed E-state index contributed by atoms with van der Waals surface area (Å²) in [4.78, 5) is 10.3. The van der Waals surface area contributed by atoms with Gasteiger partial charge in [-0.25, -0.2) is 0 Å². The maximum absolute atomic E-state index is 10.3. The number of carbonyl (C=O) groups excluding carboxylic acids is 1. The zero-order chi connectivity index (χ0) is 9.68. The molecule has 0 bridgehead atoms. The first-order valence-electron chi connectivity index (χ1n) is 3.59. The van der Waals surface area contributed by atoms with E-state index in [-0.39, 0.29) is 5.57 Å². The lowest BCUT2D eigenvalue weighted by atomic mass is 10.1. The Kier molecular flexibility index (Phi) is 3.41. The van der Waals surface area contributed by atoms with Crippen molar-refractivity contribution in [3.8, 4) is 6.07 Å². The van der Waals surface area contributed by atoms with E-state index in [4.69, 9.17) is 5.26 Å². The van der Waals surface area contributed by atoms with E-state index in [1.54, 1.807) is 6.07 Å². The predicted molar refractivity (Wildman–Crippen MR) is 53.8 cm³/mol. The summed E-state index contributed by atoms with van der Waals surface area (Å²) in [6.07, 6.45) is 2.08. The Hall–Kier alpha value is -1.40. The predicted octanol–water partition coefficient (Wildman–Crippen LogP) is 2.55. The molecule has 0 amide bonds. The zero-order valence-electron chi connectivity index (χ0n) is 6.70. The fraction of sp³-hybridized carbons (Fsp3) is 0. The molecule has 13 heavy (non-hydrogen) atoms. The van der Waals surface area contributed by atoms with Gasteiger partial charge in [0.15, 0.2) is 6.29 Å². The standard InChI is InChI=1S/C10H6BrNO/c11-10-3-1-2-8(5-10)4-9(6-12)7-13/h1-5,7H. The van der Waals surface area contributed by atoms with E-state index in [0.29, 0.717) is 6.29 Å². The van der Waals surface area contributed by atoms with Crippen molar-refractivity contribution in [3.63, 3.8) is 0 Å². The minimum absolute atomic E-state index is 0.123. The molecule has 0 unspecified atom stereocenters. The SMILES string of the molecule is N#CC(C=O)=Cc1cccc(Br)c1. The van der Waals surface area contributed by atoms with E-state index < -0.39 is 0 Å². The number of allylic oxidation sites excluding steroid dienone is 1. The largest absolute Gasteiger partial charge is 0.297 e. The maximum Gasteiger partial charge on any atom is 0.160 e. The molecule has 0 aliphatic heterocycles. The third-order valence-corrected chi connectivity index (χ3v) is 1.92. The number of hydrogen-bond donors (Lipinski definition) is 0. The molecule has 1 aromatic carbocycles. The van der Waals surface area contributed by atoms with Gasteiger partial charge < -0.3 is 0 Å². The van der Waals surface area contributed by atoms with Gasteiger partial charge in [0, 0.05) is 4.47 Å². The third-order valence-electron chi connectivity index (χ3n) is 1.43. The molecule has 3 heteroatoms. The first kappa shape index (κ1) is 9.69. The Balaban J connectivity index is 3.04. The van der Waals surface area contributed by atoms with E-state index >= 15 is 0 Å². The lowest BCUT2D eigenvalue weighted by molar-refractivity contribution is -0.104. The Labute approximate surface area is 84.6 Å². The van der Waals surface area contributed by atoms with E-state index in [9.17, 15) is 4.79 Å². The molecule has 0 atom stereocenters. The van der Waals surface area contributed by atoms with Gasteiger partial charge in [-0.15, -0.1) is 0 Å². The summed E-state index contributed by atoms with van der Waals surface area (Å²) in [5, 5.41) is 8.50. The highest BCUT2D eigenvalue weighted by atomic mass is 79.9. The van der Waals surface area contributed by atoms with Crippen LogP contribution >= 0.6 is 15.9 Å². The number of halogens is 1. The van der Waals surface area contributed by atoms with Crippen LogP contribution in [0.2, 0.25) is 0 Å². The average Bonchev–Trinajstić information content (AvgIpc) is 2.14. The molecule has 0 aromatic heterocycles. The molecule has 0 fully saturated rings. The Morgan fingerprint density at radius 3 is 2.85 bits per heavy atom. The molecule has 2 nitrogen and oxygen atoms in total. The summed E-state index contributed by atoms with van der Waals surface area (Å²) in [7, 11) is 0. The highest BCUT2D eigenvalue weighted by molar-refractivity contribution is 9.10. The summed E-state index contributed by atoms with van der Waals surface area (Å²) in [6.45, 7) is 0. The molecule has 64 valence electrons. The molecule has 0 saturated heterocycles. The molecule has 0 aliphatic rings. The fourth-order valence-electron chi connectivity index (χ4n) is 0.869. The summed E-state index contributed by atoms with van der Waals surface area (Å²) >= 11 is 3.30. The molecule has 1 aromatic rings. The lowest BCUT2D eigenvalue weighted by Gasteiger charge is -1.93. The van der Waals surface area contributed by atoms with Gasteiger partial charge in [-0.2, -0.15) is 5.26 Å². The molecular formula is C10H6BrNO. The number of benzene rings is 1. The van der Waals surface area contributed by atoms with E-state index in [1.807, 2.05) is 24.3 Å². The molecule has 0 heterocycles. The van der Waals surface area contributed by atoms with E-state index in [1.165, 1.54) is 6.08 Å². The van der Waals surface area contributed by atoms with Crippen molar-refractivity contribution in [1.82, 2.24) is 0 Å². The number of hydrogen-bond acceptors (Lipinski definition) is 2. The lowest BCUT2D eigenvalue weighted by Crippen LogP contribution is -1.79. The van der Waals surface area contributed by atoms with Gasteiger partial charge in [-0.05, 0) is 23.8 Å². The summed E-state index contributed by atoms with van der Waals surface area (Å²) in [5.41, 5.74) is 0.955. The van der Waals surface area contributed by atoms with Crippen molar-refractivity contribution in [2.45, 2.75) is 0 Å². The molecule has 0 aliphatic carbocycles. The molecule has 0 radical (unpaired) electrons. The van der Waals surface area contributed by atoms with Crippen molar-refractivity contribution >= 4 is 28.3 Å². The van der Waals surface area contributed by atoms with Gasteiger partial charge >= 0.3 is 0 Å².